The van der Waals surface area contributed by atoms with Crippen LogP contribution < -0.4 is 9.80 Å². The smallest absolute Gasteiger partial charge is 0.244 e. The van der Waals surface area contributed by atoms with Crippen LogP contribution in [0.4, 0.5) is 11.8 Å². The van der Waals surface area contributed by atoms with Gasteiger partial charge in [0.1, 0.15) is 5.82 Å². The molecule has 0 amide bonds. The number of piperazine rings is 1. The van der Waals surface area contributed by atoms with Crippen molar-refractivity contribution < 1.29 is 8.42 Å². The molecule has 1 aromatic heterocycles. The van der Waals surface area contributed by atoms with Gasteiger partial charge in [0.05, 0.1) is 4.90 Å². The molecule has 0 radical (unpaired) electrons. The van der Waals surface area contributed by atoms with Crippen molar-refractivity contribution in [2.24, 2.45) is 0 Å². The normalized spacial score (nSPS) is 18.9. The Balaban J connectivity index is 1.46. The molecule has 9 heteroatoms. The average molecular weight is 452 g/mol. The van der Waals surface area contributed by atoms with Crippen LogP contribution in [0.15, 0.2) is 45.9 Å². The molecule has 2 saturated heterocycles. The minimum absolute atomic E-state index is 0.316. The minimum Gasteiger partial charge on any atom is -0.354 e. The summed E-state index contributed by atoms with van der Waals surface area (Å²) >= 11 is 3.35. The zero-order valence-corrected chi connectivity index (χ0v) is 17.4. The molecule has 1 aromatic carbocycles. The van der Waals surface area contributed by atoms with Gasteiger partial charge in [0, 0.05) is 49.9 Å². The first-order valence-corrected chi connectivity index (χ1v) is 11.4. The predicted molar refractivity (Wildman–Crippen MR) is 109 cm³/mol. The number of aromatic nitrogens is 2. The Morgan fingerprint density at radius 1 is 0.889 bits per heavy atom. The molecule has 2 aliphatic rings. The van der Waals surface area contributed by atoms with Crippen LogP contribution in [0, 0.1) is 0 Å². The van der Waals surface area contributed by atoms with Crippen LogP contribution in [0.5, 0.6) is 0 Å². The number of rotatable bonds is 4. The fourth-order valence-corrected chi connectivity index (χ4v) is 5.92. The van der Waals surface area contributed by atoms with Gasteiger partial charge in [0.15, 0.2) is 0 Å². The summed E-state index contributed by atoms with van der Waals surface area (Å²) in [6.07, 6.45) is 4.15. The quantitative estimate of drug-likeness (QED) is 0.710. The van der Waals surface area contributed by atoms with E-state index in [1.807, 2.05) is 12.1 Å². The molecule has 2 fully saturated rings. The summed E-state index contributed by atoms with van der Waals surface area (Å²) in [4.78, 5) is 13.8. The molecular weight excluding hydrogens is 430 g/mol. The van der Waals surface area contributed by atoms with E-state index in [1.54, 1.807) is 28.7 Å². The lowest BCUT2D eigenvalue weighted by Crippen LogP contribution is -2.49. The fraction of sp³-hybridized carbons (Fsp3) is 0.444. The molecule has 2 aromatic rings. The number of hydrogen-bond acceptors (Lipinski definition) is 6. The predicted octanol–water partition coefficient (Wildman–Crippen LogP) is 2.35. The maximum Gasteiger partial charge on any atom is 0.244 e. The van der Waals surface area contributed by atoms with E-state index >= 15 is 0 Å². The van der Waals surface area contributed by atoms with Crippen LogP contribution in [0.25, 0.3) is 0 Å². The summed E-state index contributed by atoms with van der Waals surface area (Å²) in [5, 5.41) is 0. The minimum atomic E-state index is -3.50. The molecule has 0 saturated carbocycles. The van der Waals surface area contributed by atoms with E-state index in [9.17, 15) is 8.42 Å². The summed E-state index contributed by atoms with van der Waals surface area (Å²) in [7, 11) is -3.50. The number of anilines is 2. The van der Waals surface area contributed by atoms with Gasteiger partial charge >= 0.3 is 0 Å². The van der Waals surface area contributed by atoms with Gasteiger partial charge in [-0.05, 0) is 47.0 Å². The highest BCUT2D eigenvalue weighted by atomic mass is 79.9. The SMILES string of the molecule is O=S(=O)(c1ccccc1Br)N1CCN(c2ccnc(N3CCCC3)n2)CC1. The lowest BCUT2D eigenvalue weighted by Gasteiger charge is -2.35. The summed E-state index contributed by atoms with van der Waals surface area (Å²) in [6, 6.07) is 8.85. The molecule has 0 spiro atoms. The Kier molecular flexibility index (Phi) is 5.34. The van der Waals surface area contributed by atoms with Crippen molar-refractivity contribution in [3.63, 3.8) is 0 Å². The molecule has 27 heavy (non-hydrogen) atoms. The lowest BCUT2D eigenvalue weighted by atomic mass is 10.3. The largest absolute Gasteiger partial charge is 0.354 e. The lowest BCUT2D eigenvalue weighted by molar-refractivity contribution is 0.383. The zero-order valence-electron chi connectivity index (χ0n) is 15.0. The summed E-state index contributed by atoms with van der Waals surface area (Å²) in [5.74, 6) is 1.64. The number of benzene rings is 1. The van der Waals surface area contributed by atoms with Gasteiger partial charge < -0.3 is 9.80 Å². The second-order valence-corrected chi connectivity index (χ2v) is 9.49. The Bertz CT molecular complexity index is 909. The van der Waals surface area contributed by atoms with Crippen LogP contribution in [-0.2, 0) is 10.0 Å². The Hall–Kier alpha value is -1.71. The standard InChI is InChI=1S/C18H22BrN5O2S/c19-15-5-1-2-6-16(15)27(25,26)24-13-11-22(12-14-24)17-7-8-20-18(21-17)23-9-3-4-10-23/h1-2,5-8H,3-4,9-14H2. The number of sulfonamides is 1. The summed E-state index contributed by atoms with van der Waals surface area (Å²) in [5.41, 5.74) is 0. The van der Waals surface area contributed by atoms with E-state index in [4.69, 9.17) is 4.98 Å². The first-order chi connectivity index (χ1) is 13.1. The van der Waals surface area contributed by atoms with Gasteiger partial charge in [0.25, 0.3) is 0 Å². The van der Waals surface area contributed by atoms with E-state index in [1.165, 1.54) is 12.8 Å². The van der Waals surface area contributed by atoms with Crippen LogP contribution in [-0.4, -0.2) is 62.0 Å². The van der Waals surface area contributed by atoms with Gasteiger partial charge in [-0.2, -0.15) is 9.29 Å². The van der Waals surface area contributed by atoms with Crippen molar-refractivity contribution in [2.45, 2.75) is 17.7 Å². The van der Waals surface area contributed by atoms with Gasteiger partial charge in [-0.15, -0.1) is 0 Å². The van der Waals surface area contributed by atoms with Crippen molar-refractivity contribution in [3.05, 3.63) is 41.0 Å². The van der Waals surface area contributed by atoms with Crippen molar-refractivity contribution in [2.75, 3.05) is 49.1 Å². The number of hydrogen-bond donors (Lipinski definition) is 0. The molecule has 0 bridgehead atoms. The molecule has 144 valence electrons. The third-order valence-corrected chi connectivity index (χ3v) is 7.94. The van der Waals surface area contributed by atoms with E-state index in [0.717, 1.165) is 24.9 Å². The first kappa shape index (κ1) is 18.6. The highest BCUT2D eigenvalue weighted by Gasteiger charge is 2.30. The van der Waals surface area contributed by atoms with Gasteiger partial charge in [-0.3, -0.25) is 0 Å². The molecule has 0 atom stereocenters. The molecular formula is C18H22BrN5O2S. The molecule has 0 aliphatic carbocycles. The molecule has 3 heterocycles. The third kappa shape index (κ3) is 3.81. The van der Waals surface area contributed by atoms with Gasteiger partial charge in [0.2, 0.25) is 16.0 Å². The monoisotopic (exact) mass is 451 g/mol. The molecule has 7 nitrogen and oxygen atoms in total. The maximum absolute atomic E-state index is 12.9. The van der Waals surface area contributed by atoms with Crippen molar-refractivity contribution >= 4 is 37.7 Å². The molecule has 0 N–H and O–H groups in total. The second-order valence-electron chi connectivity index (χ2n) is 6.73. The van der Waals surface area contributed by atoms with Crippen molar-refractivity contribution in [3.8, 4) is 0 Å². The first-order valence-electron chi connectivity index (χ1n) is 9.13. The number of halogens is 1. The molecule has 4 rings (SSSR count). The van der Waals surface area contributed by atoms with Crippen molar-refractivity contribution in [1.82, 2.24) is 14.3 Å². The highest BCUT2D eigenvalue weighted by molar-refractivity contribution is 9.10. The number of nitrogens with zero attached hydrogens (tertiary/aromatic N) is 5. The highest BCUT2D eigenvalue weighted by Crippen LogP contribution is 2.26. The van der Waals surface area contributed by atoms with E-state index < -0.39 is 10.0 Å². The summed E-state index contributed by atoms with van der Waals surface area (Å²) in [6.45, 7) is 4.10. The van der Waals surface area contributed by atoms with E-state index in [0.29, 0.717) is 35.5 Å². The maximum atomic E-state index is 12.9. The topological polar surface area (TPSA) is 69.6 Å². The van der Waals surface area contributed by atoms with Gasteiger partial charge in [-0.25, -0.2) is 13.4 Å². The Labute approximate surface area is 168 Å². The van der Waals surface area contributed by atoms with Crippen LogP contribution in [0.2, 0.25) is 0 Å². The zero-order chi connectivity index (χ0) is 18.9. The van der Waals surface area contributed by atoms with Crippen LogP contribution in [0.1, 0.15) is 12.8 Å². The van der Waals surface area contributed by atoms with E-state index in [2.05, 4.69) is 30.7 Å². The molecule has 0 unspecified atom stereocenters. The average Bonchev–Trinajstić information content (AvgIpc) is 3.23. The van der Waals surface area contributed by atoms with Gasteiger partial charge in [-0.1, -0.05) is 12.1 Å². The van der Waals surface area contributed by atoms with Crippen LogP contribution >= 0.6 is 15.9 Å². The fourth-order valence-electron chi connectivity index (χ4n) is 3.54. The second kappa shape index (κ2) is 7.73. The molecule has 2 aliphatic heterocycles. The third-order valence-electron chi connectivity index (χ3n) is 5.03. The van der Waals surface area contributed by atoms with Crippen LogP contribution in [0.3, 0.4) is 0 Å². The van der Waals surface area contributed by atoms with E-state index in [-0.39, 0.29) is 0 Å². The Morgan fingerprint density at radius 3 is 2.30 bits per heavy atom. The van der Waals surface area contributed by atoms with Crippen molar-refractivity contribution in [1.29, 1.82) is 0 Å². The summed E-state index contributed by atoms with van der Waals surface area (Å²) < 4.78 is 28.0. The Morgan fingerprint density at radius 2 is 1.59 bits per heavy atom.